The summed E-state index contributed by atoms with van der Waals surface area (Å²) in [5.74, 6) is 1.61. The van der Waals surface area contributed by atoms with E-state index in [9.17, 15) is 9.59 Å². The van der Waals surface area contributed by atoms with Crippen molar-refractivity contribution in [3.8, 4) is 5.75 Å². The Hall–Kier alpha value is -3.10. The maximum atomic E-state index is 16.3. The van der Waals surface area contributed by atoms with Gasteiger partial charge in [0.15, 0.2) is 5.70 Å². The molecular formula is C42H55BF2I2N8O7S. The third kappa shape index (κ3) is 11.1. The maximum Gasteiger partial charge on any atom is 0.737 e. The van der Waals surface area contributed by atoms with E-state index in [0.29, 0.717) is 112 Å². The van der Waals surface area contributed by atoms with Gasteiger partial charge in [0.2, 0.25) is 5.91 Å². The van der Waals surface area contributed by atoms with Crippen LogP contribution in [0.15, 0.2) is 45.3 Å². The fourth-order valence-electron chi connectivity index (χ4n) is 8.49. The zero-order chi connectivity index (χ0) is 44.7. The Morgan fingerprint density at radius 3 is 2.37 bits per heavy atom. The molecule has 3 atom stereocenters. The van der Waals surface area contributed by atoms with Crippen LogP contribution in [0.4, 0.5) is 13.4 Å². The molecule has 1 aromatic carbocycles. The van der Waals surface area contributed by atoms with Crippen molar-refractivity contribution in [1.29, 1.82) is 0 Å². The van der Waals surface area contributed by atoms with Gasteiger partial charge >= 0.3 is 13.0 Å². The summed E-state index contributed by atoms with van der Waals surface area (Å²) in [6.07, 6.45) is 5.10. The Bertz CT molecular complexity index is 2240. The van der Waals surface area contributed by atoms with E-state index >= 15 is 8.63 Å². The van der Waals surface area contributed by atoms with Crippen molar-refractivity contribution in [3.05, 3.63) is 77.1 Å². The highest BCUT2D eigenvalue weighted by Gasteiger charge is 2.56. The Labute approximate surface area is 398 Å². The molecule has 0 aliphatic carbocycles. The normalized spacial score (nSPS) is 20.0. The molecule has 0 saturated carbocycles. The second-order valence-corrected chi connectivity index (χ2v) is 19.3. The molecular weight excluding hydrogens is 1060 g/mol. The lowest BCUT2D eigenvalue weighted by Gasteiger charge is -2.33. The van der Waals surface area contributed by atoms with Crippen LogP contribution in [0.2, 0.25) is 0 Å². The summed E-state index contributed by atoms with van der Waals surface area (Å²) in [6.45, 7) is 8.02. The van der Waals surface area contributed by atoms with Gasteiger partial charge in [0.1, 0.15) is 23.8 Å². The van der Waals surface area contributed by atoms with Gasteiger partial charge in [-0.2, -0.15) is 11.8 Å². The molecule has 0 spiro atoms. The summed E-state index contributed by atoms with van der Waals surface area (Å²) in [7, 11) is 0. The second-order valence-electron chi connectivity index (χ2n) is 15.9. The Morgan fingerprint density at radius 2 is 1.65 bits per heavy atom. The molecule has 63 heavy (non-hydrogen) atoms. The number of aromatic nitrogens is 4. The van der Waals surface area contributed by atoms with Crippen LogP contribution in [-0.2, 0) is 36.9 Å². The van der Waals surface area contributed by atoms with Crippen LogP contribution in [0.25, 0.3) is 5.57 Å². The number of amides is 3. The summed E-state index contributed by atoms with van der Waals surface area (Å²) in [4.78, 5) is 23.6. The summed E-state index contributed by atoms with van der Waals surface area (Å²) in [5.41, 5.74) is 6.24. The number of nitrogens with one attached hydrogen (secondary N) is 3. The summed E-state index contributed by atoms with van der Waals surface area (Å²) >= 11 is 6.25. The summed E-state index contributed by atoms with van der Waals surface area (Å²) < 4.78 is 66.9. The number of carbonyl (C=O) groups excluding carboxylic acids is 2. The number of benzene rings is 1. The van der Waals surface area contributed by atoms with E-state index in [0.717, 1.165) is 54.4 Å². The molecule has 342 valence electrons. The largest absolute Gasteiger partial charge is 0.737 e. The smallest absolute Gasteiger partial charge is 0.487 e. The highest BCUT2D eigenvalue weighted by Crippen LogP contribution is 2.47. The topological polar surface area (TPSA) is 155 Å². The van der Waals surface area contributed by atoms with Crippen LogP contribution in [0.3, 0.4) is 0 Å². The van der Waals surface area contributed by atoms with Gasteiger partial charge in [0.05, 0.1) is 86.8 Å². The first kappa shape index (κ1) is 47.9. The van der Waals surface area contributed by atoms with Gasteiger partial charge in [0.25, 0.3) is 0 Å². The van der Waals surface area contributed by atoms with Crippen LogP contribution in [0, 0.1) is 17.4 Å². The fourth-order valence-corrected chi connectivity index (χ4v) is 11.1. The van der Waals surface area contributed by atoms with Crippen LogP contribution >= 0.6 is 56.9 Å². The number of halogens is 4. The molecule has 2 saturated heterocycles. The molecule has 3 aromatic rings. The molecule has 6 heterocycles. The van der Waals surface area contributed by atoms with Crippen molar-refractivity contribution in [3.63, 3.8) is 0 Å². The molecule has 21 heteroatoms. The predicted molar refractivity (Wildman–Crippen MR) is 255 cm³/mol. The van der Waals surface area contributed by atoms with Crippen molar-refractivity contribution < 1.29 is 46.4 Å². The van der Waals surface area contributed by atoms with Crippen LogP contribution < -0.4 is 20.7 Å². The number of thioether (sulfide) groups is 1. The van der Waals surface area contributed by atoms with E-state index in [1.165, 1.54) is 8.96 Å². The first-order chi connectivity index (χ1) is 30.4. The highest BCUT2D eigenvalue weighted by molar-refractivity contribution is 14.1. The van der Waals surface area contributed by atoms with Crippen molar-refractivity contribution in [2.75, 3.05) is 65.2 Å². The van der Waals surface area contributed by atoms with E-state index < -0.39 is 6.97 Å². The molecule has 3 unspecified atom stereocenters. The number of urea groups is 1. The van der Waals surface area contributed by atoms with Gasteiger partial charge in [-0.05, 0) is 108 Å². The van der Waals surface area contributed by atoms with Crippen molar-refractivity contribution in [2.24, 2.45) is 0 Å². The third-order valence-electron chi connectivity index (χ3n) is 11.6. The van der Waals surface area contributed by atoms with Gasteiger partial charge in [-0.3, -0.25) is 4.79 Å². The van der Waals surface area contributed by atoms with Gasteiger partial charge < -0.3 is 57.2 Å². The fraction of sp³-hybridized carbons (Fsp3) is 0.548. The van der Waals surface area contributed by atoms with E-state index in [2.05, 4.69) is 71.4 Å². The van der Waals surface area contributed by atoms with Gasteiger partial charge in [-0.15, -0.1) is 5.10 Å². The lowest BCUT2D eigenvalue weighted by Crippen LogP contribution is -2.51. The lowest BCUT2D eigenvalue weighted by atomic mass is 9.84. The summed E-state index contributed by atoms with van der Waals surface area (Å²) in [6, 6.07) is 7.96. The molecule has 2 aromatic heterocycles. The minimum atomic E-state index is -4.07. The average molecular weight is 1120 g/mol. The molecule has 0 radical (unpaired) electrons. The molecule has 0 bridgehead atoms. The second kappa shape index (κ2) is 21.9. The number of nitrogens with zero attached hydrogens (tertiary/aromatic N) is 5. The third-order valence-corrected chi connectivity index (χ3v) is 16.3. The Balaban J connectivity index is 0.713. The van der Waals surface area contributed by atoms with Crippen molar-refractivity contribution >= 4 is 87.1 Å². The van der Waals surface area contributed by atoms with Crippen LogP contribution in [-0.4, -0.2) is 131 Å². The monoisotopic (exact) mass is 1120 g/mol. The zero-order valence-electron chi connectivity index (χ0n) is 36.0. The zero-order valence-corrected chi connectivity index (χ0v) is 41.2. The highest BCUT2D eigenvalue weighted by atomic mass is 127. The van der Waals surface area contributed by atoms with Gasteiger partial charge in [-0.25, -0.2) is 9.48 Å². The SMILES string of the molecule is CC1=C(I)C(C)=[N+]2C1=C(c1ccc(OCc3cn(CCOCCOCCOCCOCCNC(=O)CCCCC4SCC5NC(=O)NC54)nn3)cc1)c1c(C)c(I)c(C)n1[B-]2(F)F. The van der Waals surface area contributed by atoms with Gasteiger partial charge in [0, 0.05) is 45.7 Å². The molecule has 2 fully saturated rings. The van der Waals surface area contributed by atoms with E-state index in [1.807, 2.05) is 56.1 Å². The van der Waals surface area contributed by atoms with E-state index in [4.69, 9.17) is 23.7 Å². The Morgan fingerprint density at radius 1 is 0.968 bits per heavy atom. The number of hydrogen-bond donors (Lipinski definition) is 3. The molecule has 3 N–H and O–H groups in total. The average Bonchev–Trinajstić information content (AvgIpc) is 4.07. The minimum absolute atomic E-state index is 0.0310. The van der Waals surface area contributed by atoms with E-state index in [-0.39, 0.29) is 30.6 Å². The number of rotatable bonds is 24. The standard InChI is InChI=1S/C42H55BF2I2N8O7S/c1-26-37(46)28(3)54-40(26)36(41-27(2)38(47)29(4)55(41)43(54,44)45)30-9-11-32(12-10-30)62-24-31-23-53(52-51-31)14-16-59-18-20-61-22-21-60-19-17-58-15-13-48-35(56)8-6-5-7-34-39-33(25-63-34)49-42(57)50-39/h9-12,23,33-34,39H,5-8,13-22,24-25H2,1-4H3,(H,48,56)(H2,49,50,57). The number of carbonyl (C=O) groups is 2. The minimum Gasteiger partial charge on any atom is -0.487 e. The van der Waals surface area contributed by atoms with Crippen molar-refractivity contribution in [2.45, 2.75) is 83.9 Å². The molecule has 7 rings (SSSR count). The Kier molecular flexibility index (Phi) is 16.7. The van der Waals surface area contributed by atoms with Gasteiger partial charge in [-0.1, -0.05) is 23.8 Å². The van der Waals surface area contributed by atoms with Crippen molar-refractivity contribution in [1.82, 2.24) is 35.4 Å². The first-order valence-corrected chi connectivity index (χ1v) is 24.6. The number of fused-ring (bicyclic) bond motifs is 3. The lowest BCUT2D eigenvalue weighted by molar-refractivity contribution is -0.363. The quantitative estimate of drug-likeness (QED) is 0.0423. The number of ether oxygens (including phenoxy) is 5. The first-order valence-electron chi connectivity index (χ1n) is 21.4. The number of unbranched alkanes of at least 4 members (excludes halogenated alkanes) is 1. The molecule has 4 aliphatic heterocycles. The molecule has 15 nitrogen and oxygen atoms in total. The molecule has 4 aliphatic rings. The number of hydrogen-bond acceptors (Lipinski definition) is 10. The number of allylic oxidation sites excluding steroid dienone is 2. The predicted octanol–water partition coefficient (Wildman–Crippen LogP) is 5.98. The van der Waals surface area contributed by atoms with Crippen LogP contribution in [0.1, 0.15) is 67.7 Å². The van der Waals surface area contributed by atoms with E-state index in [1.54, 1.807) is 18.5 Å². The summed E-state index contributed by atoms with van der Waals surface area (Å²) in [5, 5.41) is 17.7. The maximum absolute atomic E-state index is 16.3. The van der Waals surface area contributed by atoms with Crippen LogP contribution in [0.5, 0.6) is 5.75 Å². The molecule has 3 amide bonds.